The second kappa shape index (κ2) is 10.9. The predicted octanol–water partition coefficient (Wildman–Crippen LogP) is 3.13. The van der Waals surface area contributed by atoms with Crippen molar-refractivity contribution in [1.82, 2.24) is 10.6 Å². The van der Waals surface area contributed by atoms with E-state index in [0.717, 1.165) is 12.8 Å². The molecule has 0 aliphatic carbocycles. The molecule has 0 radical (unpaired) electrons. The van der Waals surface area contributed by atoms with E-state index in [-0.39, 0.29) is 16.7 Å². The zero-order valence-corrected chi connectivity index (χ0v) is 23.0. The van der Waals surface area contributed by atoms with Gasteiger partial charge in [-0.1, -0.05) is 54.9 Å². The first-order chi connectivity index (χ1) is 15.6. The number of hydrogen-bond acceptors (Lipinski definition) is 8. The van der Waals surface area contributed by atoms with Crippen LogP contribution in [0.1, 0.15) is 75.2 Å². The van der Waals surface area contributed by atoms with Crippen LogP contribution in [0.4, 0.5) is 4.79 Å². The third-order valence-electron chi connectivity index (χ3n) is 6.05. The Morgan fingerprint density at radius 3 is 2.03 bits per heavy atom. The number of urea groups is 1. The summed E-state index contributed by atoms with van der Waals surface area (Å²) in [5.41, 5.74) is 0. The lowest BCUT2D eigenvalue weighted by Crippen LogP contribution is -2.73. The maximum Gasteiger partial charge on any atom is 0.349 e. The van der Waals surface area contributed by atoms with E-state index in [2.05, 4.69) is 52.2 Å². The van der Waals surface area contributed by atoms with Crippen molar-refractivity contribution >= 4 is 26.5 Å². The number of unbranched alkanes of at least 4 members (excludes halogenated alkanes) is 1. The maximum absolute atomic E-state index is 12.5. The number of ether oxygens (including phenoxy) is 3. The second-order valence-electron chi connectivity index (χ2n) is 11.0. The van der Waals surface area contributed by atoms with Crippen LogP contribution in [0.5, 0.6) is 0 Å². The van der Waals surface area contributed by atoms with Gasteiger partial charge < -0.3 is 33.7 Å². The summed E-state index contributed by atoms with van der Waals surface area (Å²) < 4.78 is 30.6. The third-order valence-corrected chi connectivity index (χ3v) is 11.2. The van der Waals surface area contributed by atoms with Crippen LogP contribution in [0.3, 0.4) is 0 Å². The lowest BCUT2D eigenvalue weighted by atomic mass is 9.97. The SMILES string of the molecule is CCCCNC(=O)N[C@H]1O[C@@H]2CO[Si](C(C)(C)C)(C(C)(C)C)O[C@H]2[C@H](OC(C)=O)[C@@H]1OC(C)=O. The second-order valence-corrected chi connectivity index (χ2v) is 15.8. The van der Waals surface area contributed by atoms with E-state index < -0.39 is 57.2 Å². The van der Waals surface area contributed by atoms with E-state index in [1.54, 1.807) is 0 Å². The molecule has 0 bridgehead atoms. The number of carbonyl (C=O) groups excluding carboxylic acids is 3. The Balaban J connectivity index is 2.42. The number of amides is 2. The minimum atomic E-state index is -2.94. The van der Waals surface area contributed by atoms with E-state index >= 15 is 0 Å². The fourth-order valence-corrected chi connectivity index (χ4v) is 9.81. The Morgan fingerprint density at radius 2 is 1.53 bits per heavy atom. The fourth-order valence-electron chi connectivity index (χ4n) is 4.85. The molecule has 2 N–H and O–H groups in total. The van der Waals surface area contributed by atoms with Gasteiger partial charge in [-0.3, -0.25) is 9.59 Å². The molecule has 0 unspecified atom stereocenters. The van der Waals surface area contributed by atoms with E-state index in [1.165, 1.54) is 13.8 Å². The highest BCUT2D eigenvalue weighted by atomic mass is 28.4. The van der Waals surface area contributed by atoms with Crippen LogP contribution in [0, 0.1) is 0 Å². The summed E-state index contributed by atoms with van der Waals surface area (Å²) in [5, 5.41) is 4.83. The van der Waals surface area contributed by atoms with Crippen molar-refractivity contribution in [3.63, 3.8) is 0 Å². The fraction of sp³-hybridized carbons (Fsp3) is 0.870. The van der Waals surface area contributed by atoms with Crippen LogP contribution in [-0.2, 0) is 32.7 Å². The van der Waals surface area contributed by atoms with Gasteiger partial charge in [-0.2, -0.15) is 0 Å². The quantitative estimate of drug-likeness (QED) is 0.323. The first kappa shape index (κ1) is 28.5. The van der Waals surface area contributed by atoms with Crippen LogP contribution in [0.25, 0.3) is 0 Å². The van der Waals surface area contributed by atoms with Gasteiger partial charge in [-0.05, 0) is 6.42 Å². The molecule has 0 aromatic heterocycles. The molecular formula is C23H42N2O8Si. The number of fused-ring (bicyclic) bond motifs is 1. The Bertz CT molecular complexity index is 734. The molecule has 2 saturated heterocycles. The van der Waals surface area contributed by atoms with Gasteiger partial charge >= 0.3 is 26.5 Å². The summed E-state index contributed by atoms with van der Waals surface area (Å²) in [6, 6.07) is -0.471. The minimum Gasteiger partial charge on any atom is -0.456 e. The van der Waals surface area contributed by atoms with Gasteiger partial charge in [0, 0.05) is 30.5 Å². The summed E-state index contributed by atoms with van der Waals surface area (Å²) in [4.78, 5) is 36.6. The Hall–Kier alpha value is -1.69. The normalized spacial score (nSPS) is 28.9. The Labute approximate surface area is 204 Å². The first-order valence-electron chi connectivity index (χ1n) is 12.0. The van der Waals surface area contributed by atoms with Gasteiger partial charge in [0.1, 0.15) is 12.2 Å². The van der Waals surface area contributed by atoms with Crippen molar-refractivity contribution in [3.8, 4) is 0 Å². The summed E-state index contributed by atoms with van der Waals surface area (Å²) in [7, 11) is -2.94. The molecular weight excluding hydrogens is 460 g/mol. The zero-order chi connectivity index (χ0) is 25.9. The highest BCUT2D eigenvalue weighted by molar-refractivity contribution is 6.73. The van der Waals surface area contributed by atoms with Gasteiger partial charge in [-0.15, -0.1) is 0 Å². The lowest BCUT2D eigenvalue weighted by Gasteiger charge is -2.57. The summed E-state index contributed by atoms with van der Waals surface area (Å²) in [5.74, 6) is -1.15. The highest BCUT2D eigenvalue weighted by Crippen LogP contribution is 2.55. The Morgan fingerprint density at radius 1 is 0.971 bits per heavy atom. The van der Waals surface area contributed by atoms with E-state index in [0.29, 0.717) is 6.54 Å². The first-order valence-corrected chi connectivity index (χ1v) is 13.8. The smallest absolute Gasteiger partial charge is 0.349 e. The van der Waals surface area contributed by atoms with Crippen molar-refractivity contribution in [2.75, 3.05) is 13.2 Å². The number of nitrogens with one attached hydrogen (secondary N) is 2. The predicted molar refractivity (Wildman–Crippen MR) is 127 cm³/mol. The molecule has 2 fully saturated rings. The molecule has 34 heavy (non-hydrogen) atoms. The Kier molecular flexibility index (Phi) is 9.17. The average molecular weight is 503 g/mol. The number of carbonyl (C=O) groups is 3. The van der Waals surface area contributed by atoms with Crippen LogP contribution in [0.15, 0.2) is 0 Å². The summed E-state index contributed by atoms with van der Waals surface area (Å²) in [6.07, 6.45) is -2.75. The number of hydrogen-bond donors (Lipinski definition) is 2. The maximum atomic E-state index is 12.5. The van der Waals surface area contributed by atoms with E-state index in [4.69, 9.17) is 23.1 Å². The molecule has 11 heteroatoms. The third kappa shape index (κ3) is 6.29. The molecule has 0 aromatic carbocycles. The van der Waals surface area contributed by atoms with Crippen molar-refractivity contribution in [2.45, 2.75) is 116 Å². The molecule has 196 valence electrons. The number of esters is 2. The van der Waals surface area contributed by atoms with Crippen LogP contribution >= 0.6 is 0 Å². The molecule has 0 saturated carbocycles. The lowest BCUT2D eigenvalue weighted by molar-refractivity contribution is -0.259. The molecule has 2 amide bonds. The van der Waals surface area contributed by atoms with Gasteiger partial charge in [0.05, 0.1) is 6.61 Å². The molecule has 2 heterocycles. The van der Waals surface area contributed by atoms with Crippen LogP contribution in [0.2, 0.25) is 10.1 Å². The number of rotatable bonds is 6. The zero-order valence-electron chi connectivity index (χ0n) is 22.0. The van der Waals surface area contributed by atoms with Crippen molar-refractivity contribution in [1.29, 1.82) is 0 Å². The van der Waals surface area contributed by atoms with Crippen LogP contribution < -0.4 is 10.6 Å². The molecule has 2 rings (SSSR count). The van der Waals surface area contributed by atoms with Crippen molar-refractivity contribution in [2.24, 2.45) is 0 Å². The molecule has 2 aliphatic heterocycles. The largest absolute Gasteiger partial charge is 0.456 e. The van der Waals surface area contributed by atoms with Gasteiger partial charge in [0.25, 0.3) is 0 Å². The molecule has 2 aliphatic rings. The summed E-state index contributed by atoms with van der Waals surface area (Å²) >= 11 is 0. The van der Waals surface area contributed by atoms with Gasteiger partial charge in [-0.25, -0.2) is 4.79 Å². The monoisotopic (exact) mass is 502 g/mol. The highest BCUT2D eigenvalue weighted by Gasteiger charge is 2.65. The minimum absolute atomic E-state index is 0.200. The molecule has 0 spiro atoms. The topological polar surface area (TPSA) is 121 Å². The van der Waals surface area contributed by atoms with Crippen molar-refractivity contribution < 1.29 is 37.4 Å². The van der Waals surface area contributed by atoms with E-state index in [1.807, 2.05) is 6.92 Å². The molecule has 5 atom stereocenters. The standard InChI is InChI=1S/C23H42N2O8Si/c1-10-11-12-24-21(28)25-20-19(31-15(3)27)18(30-14(2)26)17-16(32-20)13-29-34(33-17,22(4,5)6)23(7,8)9/h16-20H,10-13H2,1-9H3,(H2,24,25,28)/t16-,17-,18+,19+,20+/m1/s1. The van der Waals surface area contributed by atoms with E-state index in [9.17, 15) is 14.4 Å². The molecule has 0 aromatic rings. The summed E-state index contributed by atoms with van der Waals surface area (Å²) in [6.45, 7) is 17.7. The van der Waals surface area contributed by atoms with Gasteiger partial charge in [0.15, 0.2) is 18.4 Å². The average Bonchev–Trinajstić information content (AvgIpc) is 2.68. The molecule has 10 nitrogen and oxygen atoms in total. The van der Waals surface area contributed by atoms with Crippen molar-refractivity contribution in [3.05, 3.63) is 0 Å². The van der Waals surface area contributed by atoms with Crippen LogP contribution in [-0.4, -0.2) is 70.3 Å². The van der Waals surface area contributed by atoms with Gasteiger partial charge in [0.2, 0.25) is 0 Å².